The van der Waals surface area contributed by atoms with Gasteiger partial charge in [0.2, 0.25) is 10.0 Å². The standard InChI is InChI=1S/C13H16F3NO4S/c1-8-6-10(4-5-11(8)13(14,15)16)22(20,21)17(3)7-9(2)12(18)19/h4-6,9H,7H2,1-3H3,(H,18,19). The maximum Gasteiger partial charge on any atom is 0.416 e. The fourth-order valence-electron chi connectivity index (χ4n) is 1.86. The van der Waals surface area contributed by atoms with Gasteiger partial charge in [0.05, 0.1) is 16.4 Å². The molecule has 1 aromatic rings. The van der Waals surface area contributed by atoms with Crippen molar-refractivity contribution < 1.29 is 31.5 Å². The van der Waals surface area contributed by atoms with Crippen molar-refractivity contribution in [1.29, 1.82) is 0 Å². The zero-order chi connectivity index (χ0) is 17.3. The van der Waals surface area contributed by atoms with E-state index in [9.17, 15) is 26.4 Å². The first kappa shape index (κ1) is 18.4. The van der Waals surface area contributed by atoms with Gasteiger partial charge in [0.25, 0.3) is 0 Å². The number of hydrogen-bond donors (Lipinski definition) is 1. The monoisotopic (exact) mass is 339 g/mol. The first-order chi connectivity index (χ1) is 9.87. The number of carboxylic acid groups (broad SMARTS) is 1. The van der Waals surface area contributed by atoms with Crippen LogP contribution < -0.4 is 0 Å². The second-order valence-electron chi connectivity index (χ2n) is 5.00. The van der Waals surface area contributed by atoms with Crippen molar-refractivity contribution in [3.8, 4) is 0 Å². The molecule has 1 rings (SSSR count). The van der Waals surface area contributed by atoms with Crippen LogP contribution in [0.25, 0.3) is 0 Å². The normalized spacial score (nSPS) is 14.1. The summed E-state index contributed by atoms with van der Waals surface area (Å²) < 4.78 is 63.3. The molecule has 0 aliphatic carbocycles. The van der Waals surface area contributed by atoms with Gasteiger partial charge in [-0.3, -0.25) is 4.79 Å². The number of aliphatic carboxylic acids is 1. The van der Waals surface area contributed by atoms with Gasteiger partial charge in [0, 0.05) is 13.6 Å². The Morgan fingerprint density at radius 2 is 1.91 bits per heavy atom. The van der Waals surface area contributed by atoms with Gasteiger partial charge in [0.15, 0.2) is 0 Å². The molecule has 0 heterocycles. The lowest BCUT2D eigenvalue weighted by Crippen LogP contribution is -2.33. The molecule has 0 radical (unpaired) electrons. The topological polar surface area (TPSA) is 74.7 Å². The highest BCUT2D eigenvalue weighted by atomic mass is 32.2. The maximum absolute atomic E-state index is 12.7. The van der Waals surface area contributed by atoms with E-state index in [0.717, 1.165) is 16.4 Å². The van der Waals surface area contributed by atoms with Gasteiger partial charge in [-0.25, -0.2) is 12.7 Å². The third-order valence-electron chi connectivity index (χ3n) is 3.16. The molecule has 0 fully saturated rings. The van der Waals surface area contributed by atoms with Crippen molar-refractivity contribution in [2.24, 2.45) is 5.92 Å². The molecule has 0 saturated heterocycles. The molecular formula is C13H16F3NO4S. The summed E-state index contributed by atoms with van der Waals surface area (Å²) in [4.78, 5) is 10.5. The molecule has 5 nitrogen and oxygen atoms in total. The van der Waals surface area contributed by atoms with Crippen LogP contribution in [0.1, 0.15) is 18.1 Å². The van der Waals surface area contributed by atoms with Crippen molar-refractivity contribution in [1.82, 2.24) is 4.31 Å². The summed E-state index contributed by atoms with van der Waals surface area (Å²) in [6.45, 7) is 2.23. The summed E-state index contributed by atoms with van der Waals surface area (Å²) in [6.07, 6.45) is -4.56. The molecule has 1 aromatic carbocycles. The Labute approximate surface area is 126 Å². The van der Waals surface area contributed by atoms with E-state index in [1.807, 2.05) is 0 Å². The van der Waals surface area contributed by atoms with Gasteiger partial charge >= 0.3 is 12.1 Å². The number of carboxylic acids is 1. The van der Waals surface area contributed by atoms with Gasteiger partial charge in [-0.15, -0.1) is 0 Å². The van der Waals surface area contributed by atoms with Crippen LogP contribution in [0.5, 0.6) is 0 Å². The molecule has 0 aliphatic rings. The zero-order valence-electron chi connectivity index (χ0n) is 12.2. The molecule has 1 N–H and O–H groups in total. The second kappa shape index (κ2) is 6.25. The van der Waals surface area contributed by atoms with E-state index in [1.54, 1.807) is 0 Å². The van der Waals surface area contributed by atoms with Gasteiger partial charge in [-0.1, -0.05) is 6.92 Å². The lowest BCUT2D eigenvalue weighted by atomic mass is 10.1. The predicted octanol–water partition coefficient (Wildman–Crippen LogP) is 2.36. The third-order valence-corrected chi connectivity index (χ3v) is 4.98. The molecule has 9 heteroatoms. The first-order valence-electron chi connectivity index (χ1n) is 6.24. The van der Waals surface area contributed by atoms with Crippen molar-refractivity contribution in [2.75, 3.05) is 13.6 Å². The number of aryl methyl sites for hydroxylation is 1. The Kier molecular flexibility index (Phi) is 5.24. The Balaban J connectivity index is 3.14. The van der Waals surface area contributed by atoms with Crippen molar-refractivity contribution in [3.05, 3.63) is 29.3 Å². The first-order valence-corrected chi connectivity index (χ1v) is 7.68. The largest absolute Gasteiger partial charge is 0.481 e. The highest BCUT2D eigenvalue weighted by Crippen LogP contribution is 2.33. The summed E-state index contributed by atoms with van der Waals surface area (Å²) in [5.74, 6) is -2.10. The van der Waals surface area contributed by atoms with Gasteiger partial charge in [-0.05, 0) is 30.7 Å². The molecular weight excluding hydrogens is 323 g/mol. The van der Waals surface area contributed by atoms with Gasteiger partial charge in [-0.2, -0.15) is 13.2 Å². The minimum atomic E-state index is -4.56. The van der Waals surface area contributed by atoms with Crippen molar-refractivity contribution in [3.63, 3.8) is 0 Å². The second-order valence-corrected chi connectivity index (χ2v) is 7.04. The summed E-state index contributed by atoms with van der Waals surface area (Å²) >= 11 is 0. The van der Waals surface area contributed by atoms with Crippen LogP contribution in [0.2, 0.25) is 0 Å². The Morgan fingerprint density at radius 3 is 2.32 bits per heavy atom. The van der Waals surface area contributed by atoms with E-state index in [-0.39, 0.29) is 17.0 Å². The van der Waals surface area contributed by atoms with Crippen LogP contribution in [0.3, 0.4) is 0 Å². The summed E-state index contributed by atoms with van der Waals surface area (Å²) in [7, 11) is -2.87. The van der Waals surface area contributed by atoms with Crippen LogP contribution in [-0.4, -0.2) is 37.4 Å². The average Bonchev–Trinajstić information content (AvgIpc) is 2.36. The van der Waals surface area contributed by atoms with E-state index < -0.39 is 33.7 Å². The van der Waals surface area contributed by atoms with Crippen molar-refractivity contribution in [2.45, 2.75) is 24.9 Å². The fourth-order valence-corrected chi connectivity index (χ4v) is 3.20. The Bertz CT molecular complexity index is 670. The number of halogens is 3. The Hall–Kier alpha value is -1.61. The predicted molar refractivity (Wildman–Crippen MR) is 72.8 cm³/mol. The van der Waals surface area contributed by atoms with E-state index in [1.165, 1.54) is 20.9 Å². The molecule has 0 aromatic heterocycles. The number of carbonyl (C=O) groups is 1. The van der Waals surface area contributed by atoms with Crippen molar-refractivity contribution >= 4 is 16.0 Å². The smallest absolute Gasteiger partial charge is 0.416 e. The summed E-state index contributed by atoms with van der Waals surface area (Å²) in [5, 5.41) is 8.79. The average molecular weight is 339 g/mol. The number of hydrogen-bond acceptors (Lipinski definition) is 3. The molecule has 0 saturated carbocycles. The van der Waals surface area contributed by atoms with Crippen LogP contribution in [-0.2, 0) is 21.0 Å². The minimum Gasteiger partial charge on any atom is -0.481 e. The molecule has 1 atom stereocenters. The molecule has 22 heavy (non-hydrogen) atoms. The molecule has 1 unspecified atom stereocenters. The van der Waals surface area contributed by atoms with Gasteiger partial charge in [0.1, 0.15) is 0 Å². The van der Waals surface area contributed by atoms with Gasteiger partial charge < -0.3 is 5.11 Å². The SMILES string of the molecule is Cc1cc(S(=O)(=O)N(C)CC(C)C(=O)O)ccc1C(F)(F)F. The molecule has 0 aliphatic heterocycles. The van der Waals surface area contributed by atoms with E-state index >= 15 is 0 Å². The lowest BCUT2D eigenvalue weighted by Gasteiger charge is -2.20. The van der Waals surface area contributed by atoms with E-state index in [4.69, 9.17) is 5.11 Å². The molecule has 124 valence electrons. The molecule has 0 spiro atoms. The highest BCUT2D eigenvalue weighted by Gasteiger charge is 2.33. The Morgan fingerprint density at radius 1 is 1.36 bits per heavy atom. The third kappa shape index (κ3) is 3.98. The highest BCUT2D eigenvalue weighted by molar-refractivity contribution is 7.89. The lowest BCUT2D eigenvalue weighted by molar-refractivity contribution is -0.141. The number of sulfonamides is 1. The fraction of sp³-hybridized carbons (Fsp3) is 0.462. The number of nitrogens with zero attached hydrogens (tertiary/aromatic N) is 1. The van der Waals surface area contributed by atoms with Crippen LogP contribution in [0.15, 0.2) is 23.1 Å². The summed E-state index contributed by atoms with van der Waals surface area (Å²) in [5.41, 5.74) is -1.12. The van der Waals surface area contributed by atoms with Crippen LogP contribution >= 0.6 is 0 Å². The number of alkyl halides is 3. The van der Waals surface area contributed by atoms with Crippen LogP contribution in [0.4, 0.5) is 13.2 Å². The minimum absolute atomic E-state index is 0.215. The summed E-state index contributed by atoms with van der Waals surface area (Å²) in [6, 6.07) is 2.50. The van der Waals surface area contributed by atoms with E-state index in [0.29, 0.717) is 6.07 Å². The van der Waals surface area contributed by atoms with E-state index in [2.05, 4.69) is 0 Å². The number of rotatable bonds is 5. The van der Waals surface area contributed by atoms with Crippen LogP contribution in [0, 0.1) is 12.8 Å². The zero-order valence-corrected chi connectivity index (χ0v) is 13.0. The molecule has 0 bridgehead atoms. The quantitative estimate of drug-likeness (QED) is 0.894. The molecule has 0 amide bonds. The maximum atomic E-state index is 12.7. The number of benzene rings is 1.